The van der Waals surface area contributed by atoms with Gasteiger partial charge in [0, 0.05) is 5.75 Å². The van der Waals surface area contributed by atoms with Crippen LogP contribution in [0.15, 0.2) is 0 Å². The molecule has 156 valence electrons. The van der Waals surface area contributed by atoms with Gasteiger partial charge in [0.1, 0.15) is 18.1 Å². The van der Waals surface area contributed by atoms with Gasteiger partial charge >= 0.3 is 5.97 Å². The maximum atomic E-state index is 12.4. The van der Waals surface area contributed by atoms with Crippen LogP contribution in [0.4, 0.5) is 0 Å². The van der Waals surface area contributed by atoms with Crippen LogP contribution in [0, 0.1) is 5.92 Å². The number of carboxylic acid groups (broad SMARTS) is 1. The van der Waals surface area contributed by atoms with Gasteiger partial charge in [-0.1, -0.05) is 13.8 Å². The highest BCUT2D eigenvalue weighted by Gasteiger charge is 2.32. The summed E-state index contributed by atoms with van der Waals surface area (Å²) in [5, 5.41) is 26.1. The molecular formula is C16H30N4O6S. The zero-order chi connectivity index (χ0) is 21.3. The highest BCUT2D eigenvalue weighted by Crippen LogP contribution is 2.06. The van der Waals surface area contributed by atoms with Gasteiger partial charge in [0.2, 0.25) is 17.7 Å². The van der Waals surface area contributed by atoms with Gasteiger partial charge in [-0.05, 0) is 26.2 Å². The van der Waals surface area contributed by atoms with E-state index in [4.69, 9.17) is 5.73 Å². The zero-order valence-electron chi connectivity index (χ0n) is 15.9. The molecule has 0 rings (SSSR count). The van der Waals surface area contributed by atoms with Crippen LogP contribution in [-0.2, 0) is 19.2 Å². The second kappa shape index (κ2) is 11.8. The smallest absolute Gasteiger partial charge is 0.326 e. The van der Waals surface area contributed by atoms with Crippen LogP contribution in [0.25, 0.3) is 0 Å². The van der Waals surface area contributed by atoms with Gasteiger partial charge in [-0.25, -0.2) is 4.79 Å². The third kappa shape index (κ3) is 9.07. The van der Waals surface area contributed by atoms with Gasteiger partial charge in [-0.2, -0.15) is 12.6 Å². The van der Waals surface area contributed by atoms with Crippen LogP contribution in [0.3, 0.4) is 0 Å². The number of rotatable bonds is 11. The Hall–Kier alpha value is -1.85. The van der Waals surface area contributed by atoms with Gasteiger partial charge in [0.05, 0.1) is 12.1 Å². The van der Waals surface area contributed by atoms with Crippen molar-refractivity contribution >= 4 is 36.3 Å². The van der Waals surface area contributed by atoms with Gasteiger partial charge in [-0.3, -0.25) is 14.4 Å². The lowest BCUT2D eigenvalue weighted by Crippen LogP contribution is -2.60. The Morgan fingerprint density at radius 2 is 1.44 bits per heavy atom. The normalized spacial score (nSPS) is 16.6. The van der Waals surface area contributed by atoms with Gasteiger partial charge in [-0.15, -0.1) is 0 Å². The van der Waals surface area contributed by atoms with Crippen LogP contribution in [0.1, 0.15) is 34.1 Å². The summed E-state index contributed by atoms with van der Waals surface area (Å²) in [6.07, 6.45) is -1.11. The minimum Gasteiger partial charge on any atom is -0.480 e. The van der Waals surface area contributed by atoms with Crippen molar-refractivity contribution in [2.75, 3.05) is 5.75 Å². The lowest BCUT2D eigenvalue weighted by Gasteiger charge is -2.26. The van der Waals surface area contributed by atoms with Crippen molar-refractivity contribution in [3.8, 4) is 0 Å². The molecule has 7 N–H and O–H groups in total. The van der Waals surface area contributed by atoms with E-state index in [1.165, 1.54) is 13.8 Å². The number of aliphatic carboxylic acids is 1. The van der Waals surface area contributed by atoms with Crippen molar-refractivity contribution in [3.05, 3.63) is 0 Å². The molecule has 0 aliphatic carbocycles. The molecule has 10 nitrogen and oxygen atoms in total. The average Bonchev–Trinajstić information content (AvgIpc) is 2.55. The van der Waals surface area contributed by atoms with E-state index < -0.39 is 54.0 Å². The van der Waals surface area contributed by atoms with Crippen molar-refractivity contribution in [2.45, 2.75) is 64.4 Å². The first-order valence-corrected chi connectivity index (χ1v) is 9.22. The number of aliphatic hydroxyl groups excluding tert-OH is 1. The fourth-order valence-corrected chi connectivity index (χ4v) is 2.37. The molecule has 0 aromatic carbocycles. The second-order valence-corrected chi connectivity index (χ2v) is 7.15. The van der Waals surface area contributed by atoms with Crippen LogP contribution in [-0.4, -0.2) is 69.9 Å². The number of hydrogen-bond acceptors (Lipinski definition) is 7. The molecule has 0 aliphatic heterocycles. The first-order chi connectivity index (χ1) is 12.4. The van der Waals surface area contributed by atoms with Crippen molar-refractivity contribution < 1.29 is 29.4 Å². The molecule has 0 saturated heterocycles. The van der Waals surface area contributed by atoms with Crippen molar-refractivity contribution in [3.63, 3.8) is 0 Å². The van der Waals surface area contributed by atoms with E-state index in [0.29, 0.717) is 0 Å². The van der Waals surface area contributed by atoms with E-state index in [0.717, 1.165) is 0 Å². The minimum absolute atomic E-state index is 0.00742. The first-order valence-electron chi connectivity index (χ1n) is 8.59. The molecule has 0 aliphatic rings. The number of amides is 3. The quantitative estimate of drug-likeness (QED) is 0.199. The first kappa shape index (κ1) is 25.1. The summed E-state index contributed by atoms with van der Waals surface area (Å²) in [5.74, 6) is -3.45. The topological polar surface area (TPSA) is 171 Å². The van der Waals surface area contributed by atoms with Gasteiger partial charge in [0.25, 0.3) is 0 Å². The standard InChI is InChI=1S/C16H30N4O6S/c1-7(2)5-10(16(25)26)18-15(24)12(9(4)21)20-14(23)11(6-27)19-13(22)8(3)17/h7-12,21,27H,5-6,17H2,1-4H3,(H,18,24)(H,19,22)(H,20,23)(H,25,26). The monoisotopic (exact) mass is 406 g/mol. The number of nitrogens with one attached hydrogen (secondary N) is 3. The van der Waals surface area contributed by atoms with Crippen LogP contribution in [0.5, 0.6) is 0 Å². The zero-order valence-corrected chi connectivity index (χ0v) is 16.8. The third-order valence-electron chi connectivity index (χ3n) is 3.61. The molecule has 3 amide bonds. The van der Waals surface area contributed by atoms with Gasteiger partial charge in [0.15, 0.2) is 0 Å². The Bertz CT molecular complexity index is 541. The fourth-order valence-electron chi connectivity index (χ4n) is 2.11. The molecule has 0 aromatic heterocycles. The van der Waals surface area contributed by atoms with Crippen LogP contribution >= 0.6 is 12.6 Å². The van der Waals surface area contributed by atoms with E-state index in [1.807, 2.05) is 0 Å². The van der Waals surface area contributed by atoms with E-state index in [-0.39, 0.29) is 18.1 Å². The molecule has 0 saturated carbocycles. The predicted molar refractivity (Wildman–Crippen MR) is 102 cm³/mol. The number of carboxylic acids is 1. The Morgan fingerprint density at radius 3 is 1.81 bits per heavy atom. The van der Waals surface area contributed by atoms with E-state index >= 15 is 0 Å². The molecular weight excluding hydrogens is 376 g/mol. The fraction of sp³-hybridized carbons (Fsp3) is 0.750. The molecule has 0 radical (unpaired) electrons. The summed E-state index contributed by atoms with van der Waals surface area (Å²) in [7, 11) is 0. The summed E-state index contributed by atoms with van der Waals surface area (Å²) < 4.78 is 0. The number of thiol groups is 1. The minimum atomic E-state index is -1.40. The Labute approximate surface area is 164 Å². The van der Waals surface area contributed by atoms with Crippen molar-refractivity contribution in [2.24, 2.45) is 11.7 Å². The van der Waals surface area contributed by atoms with E-state index in [1.54, 1.807) is 13.8 Å². The predicted octanol–water partition coefficient (Wildman–Crippen LogP) is -1.77. The summed E-state index contributed by atoms with van der Waals surface area (Å²) in [6.45, 7) is 6.32. The Balaban J connectivity index is 5.14. The lowest BCUT2D eigenvalue weighted by molar-refractivity contribution is -0.143. The molecule has 0 fully saturated rings. The molecule has 11 heteroatoms. The van der Waals surface area contributed by atoms with E-state index in [2.05, 4.69) is 28.6 Å². The summed E-state index contributed by atoms with van der Waals surface area (Å²) in [5.41, 5.74) is 5.43. The Morgan fingerprint density at radius 1 is 0.926 bits per heavy atom. The number of hydrogen-bond donors (Lipinski definition) is 7. The molecule has 0 bridgehead atoms. The van der Waals surface area contributed by atoms with Crippen LogP contribution in [0.2, 0.25) is 0 Å². The number of carbonyl (C=O) groups is 4. The second-order valence-electron chi connectivity index (χ2n) is 6.79. The van der Waals surface area contributed by atoms with Gasteiger partial charge < -0.3 is 31.9 Å². The summed E-state index contributed by atoms with van der Waals surface area (Å²) in [4.78, 5) is 47.6. The molecule has 0 heterocycles. The largest absolute Gasteiger partial charge is 0.480 e. The third-order valence-corrected chi connectivity index (χ3v) is 3.98. The van der Waals surface area contributed by atoms with Crippen molar-refractivity contribution in [1.29, 1.82) is 0 Å². The summed E-state index contributed by atoms with van der Waals surface area (Å²) >= 11 is 3.99. The number of nitrogens with two attached hydrogens (primary N) is 1. The SMILES string of the molecule is CC(C)CC(NC(=O)C(NC(=O)C(CS)NC(=O)C(C)N)C(C)O)C(=O)O. The molecule has 27 heavy (non-hydrogen) atoms. The highest BCUT2D eigenvalue weighted by molar-refractivity contribution is 7.80. The maximum Gasteiger partial charge on any atom is 0.326 e. The van der Waals surface area contributed by atoms with E-state index in [9.17, 15) is 29.4 Å². The molecule has 5 unspecified atom stereocenters. The molecule has 0 spiro atoms. The highest BCUT2D eigenvalue weighted by atomic mass is 32.1. The molecule has 5 atom stereocenters. The maximum absolute atomic E-state index is 12.4. The number of aliphatic hydroxyl groups is 1. The molecule has 0 aromatic rings. The van der Waals surface area contributed by atoms with Crippen LogP contribution < -0.4 is 21.7 Å². The number of carbonyl (C=O) groups excluding carboxylic acids is 3. The average molecular weight is 407 g/mol. The van der Waals surface area contributed by atoms with Crippen molar-refractivity contribution in [1.82, 2.24) is 16.0 Å². The Kier molecular flexibility index (Phi) is 11.0. The lowest BCUT2D eigenvalue weighted by atomic mass is 10.0. The summed E-state index contributed by atoms with van der Waals surface area (Å²) in [6, 6.07) is -4.48.